The predicted molar refractivity (Wildman–Crippen MR) is 134 cm³/mol. The molecule has 8 heteroatoms. The van der Waals surface area contributed by atoms with E-state index in [1.807, 2.05) is 0 Å². The van der Waals surface area contributed by atoms with Crippen molar-refractivity contribution in [2.24, 2.45) is 5.92 Å². The topological polar surface area (TPSA) is 9.23 Å². The Morgan fingerprint density at radius 1 is 0.789 bits per heavy atom. The van der Waals surface area contributed by atoms with Gasteiger partial charge in [-0.05, 0) is 66.8 Å². The van der Waals surface area contributed by atoms with Gasteiger partial charge in [0, 0.05) is 16.7 Å². The van der Waals surface area contributed by atoms with Crippen LogP contribution < -0.4 is 4.74 Å². The Morgan fingerprint density at radius 3 is 2.00 bits per heavy atom. The quantitative estimate of drug-likeness (QED) is 0.216. The molecule has 38 heavy (non-hydrogen) atoms. The SMILES string of the molecule is CCCC1CCC(c2ccc(C(F)=C(F)c3ccc(-c4ccc(OC(F)(F)F)c(F)c4)c(F)c3)cc2)CC1. The van der Waals surface area contributed by atoms with Gasteiger partial charge in [-0.25, -0.2) is 17.6 Å². The lowest BCUT2D eigenvalue weighted by Crippen LogP contribution is -2.17. The number of hydrogen-bond donors (Lipinski definition) is 0. The van der Waals surface area contributed by atoms with Crippen LogP contribution in [0, 0.1) is 17.6 Å². The molecule has 0 amide bonds. The van der Waals surface area contributed by atoms with Crippen molar-refractivity contribution in [3.8, 4) is 16.9 Å². The number of hydrogen-bond acceptors (Lipinski definition) is 1. The third-order valence-corrected chi connectivity index (χ3v) is 7.06. The highest BCUT2D eigenvalue weighted by atomic mass is 19.4. The highest BCUT2D eigenvalue weighted by Gasteiger charge is 2.32. The molecule has 0 saturated heterocycles. The maximum atomic E-state index is 14.9. The average Bonchev–Trinajstić information content (AvgIpc) is 2.89. The lowest BCUT2D eigenvalue weighted by atomic mass is 9.77. The van der Waals surface area contributed by atoms with Crippen LogP contribution in [0.4, 0.5) is 30.7 Å². The minimum Gasteiger partial charge on any atom is -0.403 e. The summed E-state index contributed by atoms with van der Waals surface area (Å²) in [4.78, 5) is 0. The van der Waals surface area contributed by atoms with E-state index in [0.717, 1.165) is 48.6 Å². The molecule has 0 aromatic heterocycles. The van der Waals surface area contributed by atoms with E-state index >= 15 is 0 Å². The molecule has 1 nitrogen and oxygen atoms in total. The van der Waals surface area contributed by atoms with Crippen molar-refractivity contribution >= 4 is 11.7 Å². The first-order chi connectivity index (χ1) is 18.1. The Morgan fingerprint density at radius 2 is 1.42 bits per heavy atom. The van der Waals surface area contributed by atoms with E-state index in [9.17, 15) is 30.7 Å². The minimum absolute atomic E-state index is 0.0257. The summed E-state index contributed by atoms with van der Waals surface area (Å²) in [5, 5.41) is 0. The van der Waals surface area contributed by atoms with Gasteiger partial charge in [0.1, 0.15) is 5.82 Å². The molecule has 3 aromatic carbocycles. The number of rotatable bonds is 7. The molecule has 1 fully saturated rings. The molecule has 0 heterocycles. The zero-order valence-corrected chi connectivity index (χ0v) is 20.7. The van der Waals surface area contributed by atoms with E-state index in [-0.39, 0.29) is 22.3 Å². The maximum absolute atomic E-state index is 14.9. The summed E-state index contributed by atoms with van der Waals surface area (Å²) in [6, 6.07) is 12.0. The van der Waals surface area contributed by atoms with Gasteiger partial charge in [0.05, 0.1) is 0 Å². The molecule has 1 aliphatic carbocycles. The van der Waals surface area contributed by atoms with Crippen molar-refractivity contribution in [3.63, 3.8) is 0 Å². The summed E-state index contributed by atoms with van der Waals surface area (Å²) < 4.78 is 99.2. The monoisotopic (exact) mass is 536 g/mol. The maximum Gasteiger partial charge on any atom is 0.573 e. The Labute approximate surface area is 217 Å². The smallest absolute Gasteiger partial charge is 0.403 e. The number of ether oxygens (including phenoxy) is 1. The summed E-state index contributed by atoms with van der Waals surface area (Å²) in [5.41, 5.74) is 0.464. The minimum atomic E-state index is -5.09. The lowest BCUT2D eigenvalue weighted by Gasteiger charge is -2.28. The van der Waals surface area contributed by atoms with Crippen LogP contribution in [0.2, 0.25) is 0 Å². The molecule has 3 aromatic rings. The largest absolute Gasteiger partial charge is 0.573 e. The summed E-state index contributed by atoms with van der Waals surface area (Å²) in [5.74, 6) is -4.66. The molecule has 202 valence electrons. The van der Waals surface area contributed by atoms with Crippen LogP contribution >= 0.6 is 0 Å². The summed E-state index contributed by atoms with van der Waals surface area (Å²) >= 11 is 0. The van der Waals surface area contributed by atoms with Crippen LogP contribution in [0.5, 0.6) is 5.75 Å². The molecule has 1 aliphatic rings. The fourth-order valence-electron chi connectivity index (χ4n) is 5.11. The fraction of sp³-hybridized carbons (Fsp3) is 0.333. The van der Waals surface area contributed by atoms with Gasteiger partial charge in [-0.15, -0.1) is 13.2 Å². The number of halogens is 7. The van der Waals surface area contributed by atoms with Gasteiger partial charge in [0.15, 0.2) is 23.2 Å². The molecule has 0 spiro atoms. The van der Waals surface area contributed by atoms with Gasteiger partial charge in [0.2, 0.25) is 0 Å². The van der Waals surface area contributed by atoms with Crippen molar-refractivity contribution < 1.29 is 35.5 Å². The van der Waals surface area contributed by atoms with E-state index in [0.29, 0.717) is 18.1 Å². The zero-order chi connectivity index (χ0) is 27.4. The van der Waals surface area contributed by atoms with Crippen LogP contribution in [0.3, 0.4) is 0 Å². The van der Waals surface area contributed by atoms with Crippen LogP contribution in [0.25, 0.3) is 22.8 Å². The van der Waals surface area contributed by atoms with Gasteiger partial charge in [-0.3, -0.25) is 0 Å². The molecule has 0 N–H and O–H groups in total. The van der Waals surface area contributed by atoms with E-state index in [1.165, 1.54) is 37.8 Å². The lowest BCUT2D eigenvalue weighted by molar-refractivity contribution is -0.275. The summed E-state index contributed by atoms with van der Waals surface area (Å²) in [6.45, 7) is 2.19. The third kappa shape index (κ3) is 6.58. The first-order valence-corrected chi connectivity index (χ1v) is 12.6. The normalized spacial score (nSPS) is 18.7. The third-order valence-electron chi connectivity index (χ3n) is 7.06. The van der Waals surface area contributed by atoms with E-state index in [4.69, 9.17) is 0 Å². The van der Waals surface area contributed by atoms with E-state index in [2.05, 4.69) is 11.7 Å². The van der Waals surface area contributed by atoms with Crippen LogP contribution in [0.1, 0.15) is 68.1 Å². The van der Waals surface area contributed by atoms with Crippen molar-refractivity contribution in [2.75, 3.05) is 0 Å². The second-order valence-electron chi connectivity index (χ2n) is 9.64. The van der Waals surface area contributed by atoms with Crippen LogP contribution in [0.15, 0.2) is 60.7 Å². The average molecular weight is 537 g/mol. The first-order valence-electron chi connectivity index (χ1n) is 12.6. The van der Waals surface area contributed by atoms with Crippen molar-refractivity contribution in [1.82, 2.24) is 0 Å². The molecular formula is C30H27F7O. The Balaban J connectivity index is 1.50. The first kappa shape index (κ1) is 27.7. The molecule has 0 radical (unpaired) electrons. The standard InChI is InChI=1S/C30H27F7O/c1-2-3-18-4-6-19(7-5-18)20-8-10-21(11-9-20)28(33)29(34)23-12-14-24(25(31)17-23)22-13-15-27(26(32)16-22)38-30(35,36)37/h8-19H,2-7H2,1H3. The van der Waals surface area contributed by atoms with Gasteiger partial charge >= 0.3 is 6.36 Å². The van der Waals surface area contributed by atoms with Gasteiger partial charge < -0.3 is 4.74 Å². The molecule has 0 unspecified atom stereocenters. The number of alkyl halides is 3. The van der Waals surface area contributed by atoms with Crippen molar-refractivity contribution in [1.29, 1.82) is 0 Å². The summed E-state index contributed by atoms with van der Waals surface area (Å²) in [7, 11) is 0. The van der Waals surface area contributed by atoms with Gasteiger partial charge in [-0.1, -0.05) is 62.2 Å². The summed E-state index contributed by atoms with van der Waals surface area (Å²) in [6.07, 6.45) is 1.82. The Kier molecular flexibility index (Phi) is 8.48. The van der Waals surface area contributed by atoms with E-state index < -0.39 is 35.4 Å². The molecule has 4 rings (SSSR count). The van der Waals surface area contributed by atoms with Crippen molar-refractivity contribution in [3.05, 3.63) is 89.0 Å². The van der Waals surface area contributed by atoms with Crippen LogP contribution in [-0.2, 0) is 0 Å². The van der Waals surface area contributed by atoms with Crippen molar-refractivity contribution in [2.45, 2.75) is 57.7 Å². The predicted octanol–water partition coefficient (Wildman–Crippen LogP) is 10.4. The highest BCUT2D eigenvalue weighted by Crippen LogP contribution is 2.39. The van der Waals surface area contributed by atoms with Gasteiger partial charge in [-0.2, -0.15) is 0 Å². The van der Waals surface area contributed by atoms with Crippen LogP contribution in [-0.4, -0.2) is 6.36 Å². The zero-order valence-electron chi connectivity index (χ0n) is 20.7. The molecular weight excluding hydrogens is 509 g/mol. The Bertz CT molecular complexity index is 1290. The highest BCUT2D eigenvalue weighted by molar-refractivity contribution is 5.84. The Hall–Kier alpha value is -3.29. The second-order valence-corrected chi connectivity index (χ2v) is 9.64. The molecule has 0 aliphatic heterocycles. The fourth-order valence-corrected chi connectivity index (χ4v) is 5.11. The van der Waals surface area contributed by atoms with E-state index in [1.54, 1.807) is 12.1 Å². The molecule has 0 atom stereocenters. The van der Waals surface area contributed by atoms with Gasteiger partial charge in [0.25, 0.3) is 0 Å². The number of benzene rings is 3. The second kappa shape index (κ2) is 11.6. The molecule has 1 saturated carbocycles. The molecule has 0 bridgehead atoms.